The van der Waals surface area contributed by atoms with E-state index in [1.807, 2.05) is 37.3 Å². The summed E-state index contributed by atoms with van der Waals surface area (Å²) < 4.78 is 11.8. The van der Waals surface area contributed by atoms with Gasteiger partial charge in [-0.15, -0.1) is 0 Å². The Labute approximate surface area is 149 Å². The molecule has 24 heavy (non-hydrogen) atoms. The van der Waals surface area contributed by atoms with Gasteiger partial charge in [-0.25, -0.2) is 0 Å². The minimum absolute atomic E-state index is 0.146. The van der Waals surface area contributed by atoms with Crippen LogP contribution in [0.2, 0.25) is 5.02 Å². The summed E-state index contributed by atoms with van der Waals surface area (Å²) >= 11 is 6.14. The molecule has 1 unspecified atom stereocenters. The Morgan fingerprint density at radius 2 is 1.92 bits per heavy atom. The van der Waals surface area contributed by atoms with Crippen LogP contribution in [0.25, 0.3) is 0 Å². The quantitative estimate of drug-likeness (QED) is 0.741. The molecule has 3 rings (SSSR count). The summed E-state index contributed by atoms with van der Waals surface area (Å²) in [6.07, 6.45) is 1.33. The lowest BCUT2D eigenvalue weighted by Gasteiger charge is -2.33. The summed E-state index contributed by atoms with van der Waals surface area (Å²) in [5.41, 5.74) is 2.25. The van der Waals surface area contributed by atoms with Gasteiger partial charge in [0.05, 0.1) is 12.7 Å². The van der Waals surface area contributed by atoms with E-state index in [-0.39, 0.29) is 6.10 Å². The van der Waals surface area contributed by atoms with Crippen LogP contribution in [0, 0.1) is 6.92 Å². The molecule has 1 fully saturated rings. The molecule has 1 heterocycles. The molecule has 1 aliphatic heterocycles. The number of benzene rings is 2. The Hall–Kier alpha value is -1.55. The Morgan fingerprint density at radius 3 is 2.62 bits per heavy atom. The number of hydrogen-bond donors (Lipinski definition) is 0. The summed E-state index contributed by atoms with van der Waals surface area (Å²) in [4.78, 5) is 2.47. The van der Waals surface area contributed by atoms with Crippen LogP contribution in [0.1, 0.15) is 30.6 Å². The van der Waals surface area contributed by atoms with Crippen LogP contribution in [0.5, 0.6) is 11.5 Å². The van der Waals surface area contributed by atoms with Crippen molar-refractivity contribution in [3.05, 3.63) is 58.6 Å². The molecule has 0 N–H and O–H groups in total. The van der Waals surface area contributed by atoms with Gasteiger partial charge in [0.2, 0.25) is 0 Å². The fraction of sp³-hybridized carbons (Fsp3) is 0.400. The van der Waals surface area contributed by atoms with Gasteiger partial charge in [-0.2, -0.15) is 0 Å². The number of aryl methyl sites for hydroxylation is 1. The Morgan fingerprint density at radius 1 is 1.17 bits per heavy atom. The molecule has 0 aromatic heterocycles. The molecule has 0 aliphatic carbocycles. The third-order valence-corrected chi connectivity index (χ3v) is 4.73. The van der Waals surface area contributed by atoms with Crippen LogP contribution in [0.4, 0.5) is 0 Å². The summed E-state index contributed by atoms with van der Waals surface area (Å²) in [6, 6.07) is 13.9. The smallest absolute Gasteiger partial charge is 0.128 e. The molecule has 0 saturated carbocycles. The van der Waals surface area contributed by atoms with E-state index < -0.39 is 0 Å². The lowest BCUT2D eigenvalue weighted by atomic mass is 10.1. The maximum atomic E-state index is 6.14. The van der Waals surface area contributed by atoms with Crippen molar-refractivity contribution in [1.29, 1.82) is 0 Å². The van der Waals surface area contributed by atoms with E-state index in [0.717, 1.165) is 48.3 Å². The highest BCUT2D eigenvalue weighted by Gasteiger charge is 2.21. The molecular weight excluding hydrogens is 322 g/mol. The number of ether oxygens (including phenoxy) is 2. The van der Waals surface area contributed by atoms with E-state index in [0.29, 0.717) is 0 Å². The monoisotopic (exact) mass is 345 g/mol. The molecule has 1 saturated heterocycles. The molecule has 4 heteroatoms. The summed E-state index contributed by atoms with van der Waals surface area (Å²) in [5, 5.41) is 0.718. The van der Waals surface area contributed by atoms with Crippen molar-refractivity contribution in [3.8, 4) is 11.5 Å². The van der Waals surface area contributed by atoms with Gasteiger partial charge in [0, 0.05) is 18.1 Å². The molecule has 2 aromatic carbocycles. The maximum absolute atomic E-state index is 6.14. The van der Waals surface area contributed by atoms with Gasteiger partial charge in [-0.05, 0) is 55.3 Å². The Bertz CT molecular complexity index is 670. The van der Waals surface area contributed by atoms with Crippen molar-refractivity contribution >= 4 is 11.6 Å². The van der Waals surface area contributed by atoms with E-state index >= 15 is 0 Å². The van der Waals surface area contributed by atoms with E-state index in [4.69, 9.17) is 21.1 Å². The lowest BCUT2D eigenvalue weighted by Crippen LogP contribution is -2.38. The van der Waals surface area contributed by atoms with Crippen molar-refractivity contribution in [2.45, 2.75) is 26.4 Å². The van der Waals surface area contributed by atoms with Crippen molar-refractivity contribution in [3.63, 3.8) is 0 Å². The normalized spacial score (nSPS) is 18.5. The first-order chi connectivity index (χ1) is 11.7. The van der Waals surface area contributed by atoms with Gasteiger partial charge in [0.1, 0.15) is 11.5 Å². The first-order valence-electron chi connectivity index (χ1n) is 8.53. The zero-order valence-corrected chi connectivity index (χ0v) is 15.1. The highest BCUT2D eigenvalue weighted by molar-refractivity contribution is 6.31. The molecule has 3 nitrogen and oxygen atoms in total. The number of rotatable bonds is 5. The van der Waals surface area contributed by atoms with Gasteiger partial charge in [-0.1, -0.05) is 36.7 Å². The van der Waals surface area contributed by atoms with Crippen molar-refractivity contribution < 1.29 is 9.47 Å². The summed E-state index contributed by atoms with van der Waals surface area (Å²) in [6.45, 7) is 8.11. The zero-order chi connectivity index (χ0) is 16.9. The third kappa shape index (κ3) is 4.29. The van der Waals surface area contributed by atoms with Crippen molar-refractivity contribution in [2.24, 2.45) is 0 Å². The second kappa shape index (κ2) is 8.02. The van der Waals surface area contributed by atoms with Gasteiger partial charge in [0.25, 0.3) is 0 Å². The second-order valence-electron chi connectivity index (χ2n) is 6.24. The van der Waals surface area contributed by atoms with Gasteiger partial charge in [0.15, 0.2) is 0 Å². The number of nitrogens with zero attached hydrogens (tertiary/aromatic N) is 1. The molecule has 2 aromatic rings. The zero-order valence-electron chi connectivity index (χ0n) is 14.3. The predicted molar refractivity (Wildman–Crippen MR) is 98.1 cm³/mol. The topological polar surface area (TPSA) is 21.7 Å². The van der Waals surface area contributed by atoms with E-state index in [1.165, 1.54) is 12.0 Å². The highest BCUT2D eigenvalue weighted by Crippen LogP contribution is 2.29. The van der Waals surface area contributed by atoms with Crippen LogP contribution >= 0.6 is 11.6 Å². The van der Waals surface area contributed by atoms with Crippen molar-refractivity contribution in [2.75, 3.05) is 26.2 Å². The van der Waals surface area contributed by atoms with Crippen LogP contribution in [-0.4, -0.2) is 31.1 Å². The van der Waals surface area contributed by atoms with Crippen LogP contribution < -0.4 is 4.74 Å². The number of morpholine rings is 1. The fourth-order valence-corrected chi connectivity index (χ4v) is 3.12. The average molecular weight is 346 g/mol. The van der Waals surface area contributed by atoms with Gasteiger partial charge >= 0.3 is 0 Å². The van der Waals surface area contributed by atoms with E-state index in [2.05, 4.69) is 24.0 Å². The third-order valence-electron chi connectivity index (χ3n) is 4.32. The highest BCUT2D eigenvalue weighted by atomic mass is 35.5. The first kappa shape index (κ1) is 17.3. The molecule has 1 atom stereocenters. The summed E-state index contributed by atoms with van der Waals surface area (Å²) in [5.74, 6) is 1.56. The fourth-order valence-electron chi connectivity index (χ4n) is 2.95. The molecular formula is C20H24ClNO2. The van der Waals surface area contributed by atoms with Gasteiger partial charge < -0.3 is 9.47 Å². The SMILES string of the molecule is CCCN1CCOC(c2ccc(Oc3ccc(C)c(Cl)c3)cc2)C1. The maximum Gasteiger partial charge on any atom is 0.128 e. The lowest BCUT2D eigenvalue weighted by molar-refractivity contribution is -0.0298. The average Bonchev–Trinajstić information content (AvgIpc) is 2.59. The standard InChI is InChI=1S/C20H24ClNO2/c1-3-10-22-11-12-23-20(14-22)16-5-8-17(9-6-16)24-18-7-4-15(2)19(21)13-18/h4-9,13,20H,3,10-12,14H2,1-2H3. The number of hydrogen-bond acceptors (Lipinski definition) is 3. The first-order valence-corrected chi connectivity index (χ1v) is 8.91. The van der Waals surface area contributed by atoms with Crippen LogP contribution in [0.15, 0.2) is 42.5 Å². The van der Waals surface area contributed by atoms with Crippen LogP contribution in [0.3, 0.4) is 0 Å². The molecule has 0 radical (unpaired) electrons. The molecule has 1 aliphatic rings. The van der Waals surface area contributed by atoms with E-state index in [9.17, 15) is 0 Å². The summed E-state index contributed by atoms with van der Waals surface area (Å²) in [7, 11) is 0. The molecule has 128 valence electrons. The van der Waals surface area contributed by atoms with E-state index in [1.54, 1.807) is 0 Å². The number of halogens is 1. The largest absolute Gasteiger partial charge is 0.457 e. The minimum Gasteiger partial charge on any atom is -0.457 e. The van der Waals surface area contributed by atoms with Gasteiger partial charge in [-0.3, -0.25) is 4.90 Å². The predicted octanol–water partition coefficient (Wildman–Crippen LogP) is 5.22. The van der Waals surface area contributed by atoms with Crippen LogP contribution in [-0.2, 0) is 4.74 Å². The molecule has 0 spiro atoms. The molecule has 0 bridgehead atoms. The Balaban J connectivity index is 1.65. The molecule has 0 amide bonds. The Kier molecular flexibility index (Phi) is 5.77. The second-order valence-corrected chi connectivity index (χ2v) is 6.65. The minimum atomic E-state index is 0.146. The van der Waals surface area contributed by atoms with Crippen molar-refractivity contribution in [1.82, 2.24) is 4.90 Å².